The number of aliphatic hydroxyl groups is 1. The van der Waals surface area contributed by atoms with Gasteiger partial charge < -0.3 is 19.7 Å². The summed E-state index contributed by atoms with van der Waals surface area (Å²) < 4.78 is 5.15. The van der Waals surface area contributed by atoms with Crippen molar-refractivity contribution in [2.45, 2.75) is 33.7 Å². The van der Waals surface area contributed by atoms with E-state index in [9.17, 15) is 19.5 Å². The van der Waals surface area contributed by atoms with E-state index in [1.165, 1.54) is 4.90 Å². The van der Waals surface area contributed by atoms with Crippen LogP contribution in [0.5, 0.6) is 0 Å². The molecule has 7 nitrogen and oxygen atoms in total. The van der Waals surface area contributed by atoms with E-state index in [-0.39, 0.29) is 37.1 Å². The van der Waals surface area contributed by atoms with Gasteiger partial charge in [-0.15, -0.1) is 0 Å². The molecule has 1 heterocycles. The summed E-state index contributed by atoms with van der Waals surface area (Å²) in [7, 11) is 0. The highest BCUT2D eigenvalue weighted by Crippen LogP contribution is 2.31. The monoisotopic (exact) mass is 386 g/mol. The lowest BCUT2D eigenvalue weighted by Crippen LogP contribution is -2.43. The molecule has 0 aliphatic heterocycles. The van der Waals surface area contributed by atoms with E-state index < -0.39 is 17.7 Å². The normalized spacial score (nSPS) is 10.8. The lowest BCUT2D eigenvalue weighted by Gasteiger charge is -2.25. The highest BCUT2D eigenvalue weighted by molar-refractivity contribution is 6.43. The van der Waals surface area contributed by atoms with Crippen LogP contribution in [0.4, 0.5) is 0 Å². The molecule has 1 amide bonds. The number of ketones is 1. The van der Waals surface area contributed by atoms with Gasteiger partial charge in [0.2, 0.25) is 0 Å². The number of nitrogens with one attached hydrogen (secondary N) is 1. The number of carbonyl (C=O) groups is 3. The Labute approximate surface area is 164 Å². The van der Waals surface area contributed by atoms with E-state index in [0.717, 1.165) is 0 Å². The number of hydrogen-bond acceptors (Lipinski definition) is 5. The molecule has 28 heavy (non-hydrogen) atoms. The number of aliphatic hydroxyl groups excluding tert-OH is 1. The van der Waals surface area contributed by atoms with Gasteiger partial charge in [-0.3, -0.25) is 9.59 Å². The number of rotatable bonds is 8. The van der Waals surface area contributed by atoms with Gasteiger partial charge >= 0.3 is 5.97 Å². The lowest BCUT2D eigenvalue weighted by molar-refractivity contribution is -0.128. The largest absolute Gasteiger partial charge is 0.462 e. The molecule has 0 unspecified atom stereocenters. The quantitative estimate of drug-likeness (QED) is 0.413. The summed E-state index contributed by atoms with van der Waals surface area (Å²) in [6, 6.07) is 8.66. The Hall–Kier alpha value is -2.93. The number of Topliss-reactive ketones (excluding diaryl/α,β-unsaturated/α-hetero) is 1. The molecule has 0 aliphatic rings. The van der Waals surface area contributed by atoms with Gasteiger partial charge in [-0.2, -0.15) is 0 Å². The Balaban J connectivity index is 2.61. The number of aryl methyl sites for hydroxylation is 1. The number of H-pyrrole nitrogens is 1. The molecule has 150 valence electrons. The predicted octanol–water partition coefficient (Wildman–Crippen LogP) is 2.58. The average molecular weight is 386 g/mol. The summed E-state index contributed by atoms with van der Waals surface area (Å²) >= 11 is 0. The van der Waals surface area contributed by atoms with Crippen LogP contribution in [-0.4, -0.2) is 58.5 Å². The summed E-state index contributed by atoms with van der Waals surface area (Å²) in [4.78, 5) is 42.6. The van der Waals surface area contributed by atoms with Gasteiger partial charge in [-0.05, 0) is 33.3 Å². The zero-order valence-electron chi connectivity index (χ0n) is 16.6. The number of hydrogen-bond donors (Lipinski definition) is 2. The van der Waals surface area contributed by atoms with Crippen LogP contribution >= 0.6 is 0 Å². The van der Waals surface area contributed by atoms with Crippen molar-refractivity contribution in [3.8, 4) is 11.1 Å². The van der Waals surface area contributed by atoms with Crippen LogP contribution < -0.4 is 0 Å². The van der Waals surface area contributed by atoms with Crippen molar-refractivity contribution in [1.29, 1.82) is 0 Å². The first-order chi connectivity index (χ1) is 13.3. The maximum atomic E-state index is 13.0. The number of aromatic nitrogens is 1. The third-order valence-electron chi connectivity index (χ3n) is 4.38. The van der Waals surface area contributed by atoms with Crippen molar-refractivity contribution >= 4 is 17.7 Å². The van der Waals surface area contributed by atoms with E-state index in [1.807, 2.05) is 6.07 Å². The molecule has 2 N–H and O–H groups in total. The van der Waals surface area contributed by atoms with Crippen molar-refractivity contribution in [2.75, 3.05) is 19.8 Å². The molecule has 2 aromatic rings. The predicted molar refractivity (Wildman–Crippen MR) is 105 cm³/mol. The van der Waals surface area contributed by atoms with Crippen molar-refractivity contribution in [1.82, 2.24) is 9.88 Å². The zero-order valence-corrected chi connectivity index (χ0v) is 16.6. The highest BCUT2D eigenvalue weighted by Gasteiger charge is 2.32. The number of esters is 1. The maximum absolute atomic E-state index is 13.0. The molecule has 7 heteroatoms. The summed E-state index contributed by atoms with van der Waals surface area (Å²) in [5.74, 6) is -2.06. The third-order valence-corrected chi connectivity index (χ3v) is 4.38. The molecule has 0 saturated carbocycles. The van der Waals surface area contributed by atoms with E-state index >= 15 is 0 Å². The van der Waals surface area contributed by atoms with Crippen molar-refractivity contribution in [2.24, 2.45) is 0 Å². The van der Waals surface area contributed by atoms with Gasteiger partial charge in [-0.25, -0.2) is 4.79 Å². The first-order valence-corrected chi connectivity index (χ1v) is 9.24. The molecule has 0 fully saturated rings. The molecule has 0 aliphatic carbocycles. The van der Waals surface area contributed by atoms with Crippen LogP contribution in [0, 0.1) is 6.92 Å². The minimum atomic E-state index is -0.764. The number of amides is 1. The SMILES string of the molecule is CCOC(=O)c1c(C)[nH]c(C(=O)C(=O)N(CCO)C(C)C)c1-c1ccccc1. The van der Waals surface area contributed by atoms with E-state index in [0.29, 0.717) is 16.8 Å². The first kappa shape index (κ1) is 21.4. The molecule has 2 rings (SSSR count). The van der Waals surface area contributed by atoms with Crippen LogP contribution in [-0.2, 0) is 9.53 Å². The van der Waals surface area contributed by atoms with Crippen LogP contribution in [0.15, 0.2) is 30.3 Å². The fourth-order valence-corrected chi connectivity index (χ4v) is 3.09. The Kier molecular flexibility index (Phi) is 7.12. The summed E-state index contributed by atoms with van der Waals surface area (Å²) in [5, 5.41) is 9.23. The van der Waals surface area contributed by atoms with Gasteiger partial charge in [0.1, 0.15) is 5.69 Å². The van der Waals surface area contributed by atoms with Crippen LogP contribution in [0.25, 0.3) is 11.1 Å². The molecule has 0 radical (unpaired) electrons. The van der Waals surface area contributed by atoms with Crippen LogP contribution in [0.2, 0.25) is 0 Å². The molecular weight excluding hydrogens is 360 g/mol. The maximum Gasteiger partial charge on any atom is 0.340 e. The van der Waals surface area contributed by atoms with Crippen LogP contribution in [0.3, 0.4) is 0 Å². The number of benzene rings is 1. The summed E-state index contributed by atoms with van der Waals surface area (Å²) in [6.07, 6.45) is 0. The molecular formula is C21H26N2O5. The average Bonchev–Trinajstić information content (AvgIpc) is 3.02. The van der Waals surface area contributed by atoms with E-state index in [2.05, 4.69) is 4.98 Å². The van der Waals surface area contributed by atoms with E-state index in [4.69, 9.17) is 4.74 Å². The van der Waals surface area contributed by atoms with Gasteiger partial charge in [0.05, 0.1) is 18.8 Å². The Morgan fingerprint density at radius 1 is 1.18 bits per heavy atom. The second kappa shape index (κ2) is 9.32. The molecule has 0 spiro atoms. The second-order valence-electron chi connectivity index (χ2n) is 6.61. The minimum absolute atomic E-state index is 0.0420. The number of ether oxygens (including phenoxy) is 1. The van der Waals surface area contributed by atoms with Gasteiger partial charge in [0.15, 0.2) is 0 Å². The van der Waals surface area contributed by atoms with Crippen molar-refractivity contribution < 1.29 is 24.2 Å². The third kappa shape index (κ3) is 4.31. The van der Waals surface area contributed by atoms with Gasteiger partial charge in [0, 0.05) is 23.8 Å². The number of carbonyl (C=O) groups excluding carboxylic acids is 3. The lowest BCUT2D eigenvalue weighted by atomic mass is 9.98. The fourth-order valence-electron chi connectivity index (χ4n) is 3.09. The summed E-state index contributed by atoms with van der Waals surface area (Å²) in [6.45, 7) is 6.89. The van der Waals surface area contributed by atoms with Gasteiger partial charge in [-0.1, -0.05) is 30.3 Å². The minimum Gasteiger partial charge on any atom is -0.462 e. The standard InChI is InChI=1S/C21H26N2O5/c1-5-28-21(27)16-14(4)22-18(17(16)15-9-7-6-8-10-15)19(25)20(26)23(11-12-24)13(2)3/h6-10,13,22,24H,5,11-12H2,1-4H3. The topological polar surface area (TPSA) is 99.7 Å². The number of nitrogens with zero attached hydrogens (tertiary/aromatic N) is 1. The Morgan fingerprint density at radius 3 is 2.36 bits per heavy atom. The second-order valence-corrected chi connectivity index (χ2v) is 6.61. The van der Waals surface area contributed by atoms with Gasteiger partial charge in [0.25, 0.3) is 11.7 Å². The molecule has 0 saturated heterocycles. The summed E-state index contributed by atoms with van der Waals surface area (Å²) in [5.41, 5.74) is 1.71. The van der Waals surface area contributed by atoms with Crippen molar-refractivity contribution in [3.05, 3.63) is 47.3 Å². The highest BCUT2D eigenvalue weighted by atomic mass is 16.5. The van der Waals surface area contributed by atoms with Crippen LogP contribution in [0.1, 0.15) is 47.3 Å². The molecule has 1 aromatic heterocycles. The Morgan fingerprint density at radius 2 is 1.82 bits per heavy atom. The molecule has 0 atom stereocenters. The molecule has 1 aromatic carbocycles. The number of aromatic amines is 1. The van der Waals surface area contributed by atoms with Crippen molar-refractivity contribution in [3.63, 3.8) is 0 Å². The smallest absolute Gasteiger partial charge is 0.340 e. The van der Waals surface area contributed by atoms with E-state index in [1.54, 1.807) is 52.0 Å². The Bertz CT molecular complexity index is 855. The zero-order chi connectivity index (χ0) is 20.8. The molecule has 0 bridgehead atoms. The first-order valence-electron chi connectivity index (χ1n) is 9.24. The fraction of sp³-hybridized carbons (Fsp3) is 0.381.